The topological polar surface area (TPSA) is 141 Å². The Morgan fingerprint density at radius 2 is 1.51 bits per heavy atom. The van der Waals surface area contributed by atoms with Crippen molar-refractivity contribution >= 4 is 29.2 Å². The van der Waals surface area contributed by atoms with E-state index in [-0.39, 0.29) is 0 Å². The molecule has 1 aliphatic heterocycles. The molecule has 2 aromatic heterocycles. The molecule has 0 unspecified atom stereocenters. The van der Waals surface area contributed by atoms with Crippen molar-refractivity contribution in [3.05, 3.63) is 45.2 Å². The van der Waals surface area contributed by atoms with Crippen LogP contribution in [0.4, 0.5) is 26.3 Å². The molecule has 2 aromatic rings. The van der Waals surface area contributed by atoms with Gasteiger partial charge in [0.05, 0.1) is 17.8 Å². The second kappa shape index (κ2) is 12.4. The number of alkyl halides is 6. The van der Waals surface area contributed by atoms with E-state index in [1.807, 2.05) is 11.6 Å². The van der Waals surface area contributed by atoms with Crippen LogP contribution in [-0.2, 0) is 29.0 Å². The first-order chi connectivity index (χ1) is 16.0. The average molecular weight is 531 g/mol. The molecule has 0 fully saturated rings. The van der Waals surface area contributed by atoms with Crippen LogP contribution in [0.2, 0.25) is 0 Å². The van der Waals surface area contributed by atoms with Gasteiger partial charge in [-0.2, -0.15) is 26.3 Å². The zero-order valence-corrected chi connectivity index (χ0v) is 18.7. The van der Waals surface area contributed by atoms with Crippen molar-refractivity contribution in [2.24, 2.45) is 0 Å². The van der Waals surface area contributed by atoms with Crippen LogP contribution in [0.3, 0.4) is 0 Å². The molecule has 3 N–H and O–H groups in total. The SMILES string of the molecule is Cc1nc2c(cc1C(=O)O)CCN(Cc1nccs1)CC2.O=C(O)C(F)(F)F.O=C(O)C(F)(F)F. The van der Waals surface area contributed by atoms with Crippen molar-refractivity contribution in [2.75, 3.05) is 13.1 Å². The first kappa shape index (κ1) is 29.8. The minimum atomic E-state index is -5.08. The summed E-state index contributed by atoms with van der Waals surface area (Å²) in [5.41, 5.74) is 3.04. The van der Waals surface area contributed by atoms with Crippen molar-refractivity contribution in [2.45, 2.75) is 38.7 Å². The summed E-state index contributed by atoms with van der Waals surface area (Å²) in [6.45, 7) is 4.47. The highest BCUT2D eigenvalue weighted by molar-refractivity contribution is 7.09. The highest BCUT2D eigenvalue weighted by Gasteiger charge is 2.38. The molecule has 3 heterocycles. The lowest BCUT2D eigenvalue weighted by Gasteiger charge is -2.17. The molecule has 0 amide bonds. The fourth-order valence-corrected chi connectivity index (χ4v) is 3.34. The summed E-state index contributed by atoms with van der Waals surface area (Å²) in [7, 11) is 0. The van der Waals surface area contributed by atoms with Gasteiger partial charge >= 0.3 is 30.3 Å². The normalized spacial score (nSPS) is 13.8. The van der Waals surface area contributed by atoms with Gasteiger partial charge in [-0.15, -0.1) is 11.3 Å². The third-order valence-corrected chi connectivity index (χ3v) is 5.07. The van der Waals surface area contributed by atoms with Crippen molar-refractivity contribution in [1.29, 1.82) is 0 Å². The molecule has 0 spiro atoms. The summed E-state index contributed by atoms with van der Waals surface area (Å²) in [6.07, 6.45) is -6.63. The number of carbonyl (C=O) groups is 3. The van der Waals surface area contributed by atoms with Crippen molar-refractivity contribution in [1.82, 2.24) is 14.9 Å². The summed E-state index contributed by atoms with van der Waals surface area (Å²) in [6, 6.07) is 1.80. The Hall–Kier alpha value is -3.27. The van der Waals surface area contributed by atoms with E-state index in [0.717, 1.165) is 48.7 Å². The Kier molecular flexibility index (Phi) is 10.6. The van der Waals surface area contributed by atoms with E-state index in [9.17, 15) is 36.2 Å². The molecule has 3 rings (SSSR count). The molecule has 16 heteroatoms. The van der Waals surface area contributed by atoms with Gasteiger partial charge in [-0.3, -0.25) is 9.88 Å². The largest absolute Gasteiger partial charge is 0.490 e. The third kappa shape index (κ3) is 10.3. The number of rotatable bonds is 3. The predicted molar refractivity (Wildman–Crippen MR) is 108 cm³/mol. The molecular formula is C19H19F6N3O6S. The number of carboxylic acid groups (broad SMARTS) is 3. The lowest BCUT2D eigenvalue weighted by Crippen LogP contribution is -2.25. The van der Waals surface area contributed by atoms with Gasteiger partial charge < -0.3 is 15.3 Å². The van der Waals surface area contributed by atoms with E-state index in [1.54, 1.807) is 24.3 Å². The molecule has 0 atom stereocenters. The molecule has 0 saturated carbocycles. The van der Waals surface area contributed by atoms with Crippen LogP contribution >= 0.6 is 11.3 Å². The van der Waals surface area contributed by atoms with Crippen LogP contribution in [-0.4, -0.2) is 73.5 Å². The monoisotopic (exact) mass is 531 g/mol. The Morgan fingerprint density at radius 1 is 1.00 bits per heavy atom. The molecular weight excluding hydrogens is 512 g/mol. The number of halogens is 6. The molecule has 35 heavy (non-hydrogen) atoms. The summed E-state index contributed by atoms with van der Waals surface area (Å²) in [5, 5.41) is 26.6. The number of aromatic nitrogens is 2. The van der Waals surface area contributed by atoms with Crippen molar-refractivity contribution in [3.63, 3.8) is 0 Å². The highest BCUT2D eigenvalue weighted by atomic mass is 32.1. The van der Waals surface area contributed by atoms with E-state index in [1.165, 1.54) is 0 Å². The van der Waals surface area contributed by atoms with Gasteiger partial charge in [-0.25, -0.2) is 19.4 Å². The first-order valence-corrected chi connectivity index (χ1v) is 10.3. The number of carboxylic acids is 3. The number of thiazole rings is 1. The number of fused-ring (bicyclic) bond motifs is 1. The molecule has 0 aromatic carbocycles. The number of aliphatic carboxylic acids is 2. The molecule has 0 saturated heterocycles. The Bertz CT molecular complexity index is 1000. The van der Waals surface area contributed by atoms with Gasteiger partial charge in [-0.1, -0.05) is 0 Å². The van der Waals surface area contributed by atoms with Crippen LogP contribution in [0.5, 0.6) is 0 Å². The molecule has 194 valence electrons. The molecule has 0 bridgehead atoms. The second-order valence-corrected chi connectivity index (χ2v) is 7.82. The fraction of sp³-hybridized carbons (Fsp3) is 0.421. The van der Waals surface area contributed by atoms with E-state index in [2.05, 4.69) is 14.9 Å². The van der Waals surface area contributed by atoms with Crippen molar-refractivity contribution < 1.29 is 56.0 Å². The van der Waals surface area contributed by atoms with E-state index in [4.69, 9.17) is 19.8 Å². The van der Waals surface area contributed by atoms with Crippen LogP contribution in [0.1, 0.15) is 32.3 Å². The minimum Gasteiger partial charge on any atom is -0.478 e. The van der Waals surface area contributed by atoms with E-state index in [0.29, 0.717) is 11.3 Å². The average Bonchev–Trinajstić information content (AvgIpc) is 3.15. The van der Waals surface area contributed by atoms with Crippen molar-refractivity contribution in [3.8, 4) is 0 Å². The Morgan fingerprint density at radius 3 is 1.94 bits per heavy atom. The summed E-state index contributed by atoms with van der Waals surface area (Å²) < 4.78 is 63.5. The van der Waals surface area contributed by atoms with Gasteiger partial charge in [-0.05, 0) is 25.0 Å². The maximum Gasteiger partial charge on any atom is 0.490 e. The summed E-state index contributed by atoms with van der Waals surface area (Å²) in [4.78, 5) is 40.2. The lowest BCUT2D eigenvalue weighted by molar-refractivity contribution is -0.193. The Labute approximate surface area is 197 Å². The van der Waals surface area contributed by atoms with Crippen LogP contribution < -0.4 is 0 Å². The lowest BCUT2D eigenvalue weighted by atomic mass is 10.0. The Balaban J connectivity index is 0.000000362. The van der Waals surface area contributed by atoms with Gasteiger partial charge in [0.2, 0.25) is 0 Å². The van der Waals surface area contributed by atoms with Gasteiger partial charge in [0.25, 0.3) is 0 Å². The maximum atomic E-state index is 11.2. The summed E-state index contributed by atoms with van der Waals surface area (Å²) >= 11 is 1.67. The number of pyridine rings is 1. The van der Waals surface area contributed by atoms with Gasteiger partial charge in [0.1, 0.15) is 5.01 Å². The molecule has 9 nitrogen and oxygen atoms in total. The number of hydrogen-bond donors (Lipinski definition) is 3. The molecule has 0 radical (unpaired) electrons. The van der Waals surface area contributed by atoms with E-state index < -0.39 is 30.3 Å². The third-order valence-electron chi connectivity index (χ3n) is 4.30. The zero-order valence-electron chi connectivity index (χ0n) is 17.9. The number of aryl methyl sites for hydroxylation is 1. The predicted octanol–water partition coefficient (Wildman–Crippen LogP) is 3.41. The minimum absolute atomic E-state index is 0.321. The summed E-state index contributed by atoms with van der Waals surface area (Å²) in [5.74, 6) is -6.41. The number of nitrogens with zero attached hydrogens (tertiary/aromatic N) is 3. The molecule has 1 aliphatic rings. The second-order valence-electron chi connectivity index (χ2n) is 6.84. The fourth-order valence-electron chi connectivity index (χ4n) is 2.68. The smallest absolute Gasteiger partial charge is 0.478 e. The maximum absolute atomic E-state index is 11.2. The van der Waals surface area contributed by atoms with Crippen LogP contribution in [0, 0.1) is 6.92 Å². The first-order valence-electron chi connectivity index (χ1n) is 9.46. The van der Waals surface area contributed by atoms with Crippen LogP contribution in [0.25, 0.3) is 0 Å². The quantitative estimate of drug-likeness (QED) is 0.508. The van der Waals surface area contributed by atoms with Crippen LogP contribution in [0.15, 0.2) is 17.6 Å². The van der Waals surface area contributed by atoms with Gasteiger partial charge in [0.15, 0.2) is 0 Å². The van der Waals surface area contributed by atoms with E-state index >= 15 is 0 Å². The highest BCUT2D eigenvalue weighted by Crippen LogP contribution is 2.20. The number of hydrogen-bond acceptors (Lipinski definition) is 7. The van der Waals surface area contributed by atoms with Gasteiger partial charge in [0, 0.05) is 36.8 Å². The standard InChI is InChI=1S/C15H17N3O2S.2C2HF3O2/c1-10-12(15(19)20)8-11-2-5-18(6-3-13(11)17-10)9-14-16-4-7-21-14;2*3-2(4,5)1(6)7/h4,7-8H,2-3,5-6,9H2,1H3,(H,19,20);2*(H,6,7). The molecule has 0 aliphatic carbocycles. The zero-order chi connectivity index (χ0) is 27.0. The number of aromatic carboxylic acids is 1.